The summed E-state index contributed by atoms with van der Waals surface area (Å²) in [5.74, 6) is 2.77. The number of nitrogen functional groups attached to an aromatic ring is 1. The Bertz CT molecular complexity index is 1190. The van der Waals surface area contributed by atoms with Crippen LogP contribution in [0.5, 0.6) is 5.75 Å². The van der Waals surface area contributed by atoms with Crippen LogP contribution < -0.4 is 15.8 Å². The Morgan fingerprint density at radius 2 is 2.00 bits per heavy atom. The second-order valence-corrected chi connectivity index (χ2v) is 8.15. The highest BCUT2D eigenvalue weighted by atomic mass is 16.5. The summed E-state index contributed by atoms with van der Waals surface area (Å²) in [4.78, 5) is 9.43. The van der Waals surface area contributed by atoms with Crippen LogP contribution in [-0.2, 0) is 6.61 Å². The van der Waals surface area contributed by atoms with E-state index in [0.29, 0.717) is 24.4 Å². The Morgan fingerprint density at radius 1 is 1.13 bits per heavy atom. The van der Waals surface area contributed by atoms with E-state index in [-0.39, 0.29) is 0 Å². The van der Waals surface area contributed by atoms with Gasteiger partial charge in [0.15, 0.2) is 0 Å². The van der Waals surface area contributed by atoms with Gasteiger partial charge in [0, 0.05) is 29.9 Å². The van der Waals surface area contributed by atoms with Gasteiger partial charge in [-0.3, -0.25) is 4.40 Å². The van der Waals surface area contributed by atoms with E-state index in [9.17, 15) is 0 Å². The molecule has 2 aromatic heterocycles. The third kappa shape index (κ3) is 3.86. The molecular formula is C25H27N5O. The van der Waals surface area contributed by atoms with Crippen molar-refractivity contribution in [3.63, 3.8) is 0 Å². The molecule has 0 amide bonds. The molecule has 31 heavy (non-hydrogen) atoms. The largest absolute Gasteiger partial charge is 0.489 e. The fourth-order valence-electron chi connectivity index (χ4n) is 4.53. The van der Waals surface area contributed by atoms with Crippen LogP contribution in [0.15, 0.2) is 67.0 Å². The van der Waals surface area contributed by atoms with E-state index >= 15 is 0 Å². The number of rotatable bonds is 6. The second kappa shape index (κ2) is 8.40. The van der Waals surface area contributed by atoms with Gasteiger partial charge in [0.25, 0.3) is 0 Å². The van der Waals surface area contributed by atoms with E-state index in [1.807, 2.05) is 49.6 Å². The lowest BCUT2D eigenvalue weighted by Gasteiger charge is -2.10. The van der Waals surface area contributed by atoms with E-state index < -0.39 is 0 Å². The second-order valence-electron chi connectivity index (χ2n) is 8.15. The molecule has 0 bridgehead atoms. The molecule has 2 heterocycles. The molecule has 2 atom stereocenters. The lowest BCUT2D eigenvalue weighted by atomic mass is 10.1. The Morgan fingerprint density at radius 3 is 2.81 bits per heavy atom. The maximum Gasteiger partial charge on any atom is 0.150 e. The molecule has 1 aliphatic carbocycles. The molecule has 158 valence electrons. The van der Waals surface area contributed by atoms with Gasteiger partial charge in [-0.1, -0.05) is 42.5 Å². The first-order valence-electron chi connectivity index (χ1n) is 10.8. The number of ether oxygens (including phenoxy) is 1. The van der Waals surface area contributed by atoms with Crippen LogP contribution in [0.2, 0.25) is 0 Å². The van der Waals surface area contributed by atoms with Crippen molar-refractivity contribution in [2.24, 2.45) is 0 Å². The van der Waals surface area contributed by atoms with Crippen molar-refractivity contribution in [2.75, 3.05) is 12.8 Å². The normalized spacial score (nSPS) is 18.5. The quantitative estimate of drug-likeness (QED) is 0.489. The topological polar surface area (TPSA) is 77.5 Å². The molecule has 6 heteroatoms. The number of aromatic nitrogens is 3. The molecule has 0 aliphatic heterocycles. The molecule has 1 saturated carbocycles. The number of benzene rings is 2. The van der Waals surface area contributed by atoms with Crippen LogP contribution in [0.4, 0.5) is 5.82 Å². The molecule has 3 N–H and O–H groups in total. The van der Waals surface area contributed by atoms with Crippen LogP contribution in [0.1, 0.15) is 36.6 Å². The number of hydrogen-bond acceptors (Lipinski definition) is 5. The Kier molecular flexibility index (Phi) is 5.30. The minimum absolute atomic E-state index is 0.401. The minimum Gasteiger partial charge on any atom is -0.489 e. The van der Waals surface area contributed by atoms with Crippen LogP contribution in [0, 0.1) is 0 Å². The molecule has 0 spiro atoms. The average molecular weight is 414 g/mol. The van der Waals surface area contributed by atoms with Crippen molar-refractivity contribution in [3.8, 4) is 17.0 Å². The maximum atomic E-state index is 6.32. The van der Waals surface area contributed by atoms with E-state index in [0.717, 1.165) is 53.2 Å². The van der Waals surface area contributed by atoms with Crippen molar-refractivity contribution in [1.29, 1.82) is 0 Å². The van der Waals surface area contributed by atoms with E-state index in [1.54, 1.807) is 6.20 Å². The molecule has 0 saturated heterocycles. The van der Waals surface area contributed by atoms with Gasteiger partial charge in [0.1, 0.15) is 35.2 Å². The molecule has 2 aromatic carbocycles. The van der Waals surface area contributed by atoms with Gasteiger partial charge in [-0.2, -0.15) is 0 Å². The number of nitrogens with zero attached hydrogens (tertiary/aromatic N) is 3. The number of imidazole rings is 1. The molecular weight excluding hydrogens is 386 g/mol. The van der Waals surface area contributed by atoms with E-state index in [2.05, 4.69) is 32.9 Å². The fraction of sp³-hybridized carbons (Fsp3) is 0.280. The number of nitrogens with one attached hydrogen (secondary N) is 1. The van der Waals surface area contributed by atoms with Crippen LogP contribution in [0.25, 0.3) is 16.8 Å². The summed E-state index contributed by atoms with van der Waals surface area (Å²) in [5.41, 5.74) is 10.2. The van der Waals surface area contributed by atoms with E-state index in [4.69, 9.17) is 15.5 Å². The summed E-state index contributed by atoms with van der Waals surface area (Å²) in [6.45, 7) is 0.524. The zero-order valence-corrected chi connectivity index (χ0v) is 17.7. The zero-order chi connectivity index (χ0) is 21.2. The van der Waals surface area contributed by atoms with Crippen molar-refractivity contribution in [1.82, 2.24) is 19.7 Å². The monoisotopic (exact) mass is 413 g/mol. The first-order chi connectivity index (χ1) is 15.2. The zero-order valence-electron chi connectivity index (χ0n) is 17.7. The third-order valence-electron chi connectivity index (χ3n) is 6.17. The summed E-state index contributed by atoms with van der Waals surface area (Å²) in [7, 11) is 2.03. The lowest BCUT2D eigenvalue weighted by Crippen LogP contribution is -2.21. The first kappa shape index (κ1) is 19.6. The molecule has 0 radical (unpaired) electrons. The van der Waals surface area contributed by atoms with Gasteiger partial charge in [-0.05, 0) is 44.0 Å². The minimum atomic E-state index is 0.401. The van der Waals surface area contributed by atoms with Crippen molar-refractivity contribution in [3.05, 3.63) is 78.4 Å². The molecule has 6 nitrogen and oxygen atoms in total. The summed E-state index contributed by atoms with van der Waals surface area (Å²) in [6.07, 6.45) is 7.08. The summed E-state index contributed by atoms with van der Waals surface area (Å²) in [5, 5.41) is 3.41. The van der Waals surface area contributed by atoms with Gasteiger partial charge in [0.2, 0.25) is 0 Å². The average Bonchev–Trinajstić information content (AvgIpc) is 3.44. The van der Waals surface area contributed by atoms with Crippen molar-refractivity contribution >= 4 is 11.3 Å². The Hall–Kier alpha value is -3.38. The third-order valence-corrected chi connectivity index (χ3v) is 6.17. The highest BCUT2D eigenvalue weighted by molar-refractivity contribution is 5.85. The summed E-state index contributed by atoms with van der Waals surface area (Å²) in [6, 6.07) is 18.8. The molecule has 1 fully saturated rings. The highest BCUT2D eigenvalue weighted by Gasteiger charge is 2.29. The fourth-order valence-corrected chi connectivity index (χ4v) is 4.53. The Labute approximate surface area is 182 Å². The maximum absolute atomic E-state index is 6.32. The first-order valence-corrected chi connectivity index (χ1v) is 10.8. The van der Waals surface area contributed by atoms with E-state index in [1.165, 1.54) is 0 Å². The highest BCUT2D eigenvalue weighted by Crippen LogP contribution is 2.38. The van der Waals surface area contributed by atoms with Gasteiger partial charge >= 0.3 is 0 Å². The van der Waals surface area contributed by atoms with Gasteiger partial charge < -0.3 is 15.8 Å². The Balaban J connectivity index is 1.50. The van der Waals surface area contributed by atoms with Gasteiger partial charge in [0.05, 0.1) is 0 Å². The number of nitrogens with two attached hydrogens (primary N) is 1. The molecule has 2 unspecified atom stereocenters. The van der Waals surface area contributed by atoms with Gasteiger partial charge in [-0.25, -0.2) is 9.97 Å². The summed E-state index contributed by atoms with van der Waals surface area (Å²) < 4.78 is 8.16. The number of anilines is 1. The lowest BCUT2D eigenvalue weighted by molar-refractivity contribution is 0.306. The SMILES string of the molecule is CNC1CCC(c2nc(-c3cccc(OCc4ccccc4)c3)c3c(N)nccn23)C1. The van der Waals surface area contributed by atoms with Crippen LogP contribution in [0.3, 0.4) is 0 Å². The molecule has 4 aromatic rings. The van der Waals surface area contributed by atoms with Crippen LogP contribution >= 0.6 is 0 Å². The molecule has 5 rings (SSSR count). The predicted molar refractivity (Wildman–Crippen MR) is 123 cm³/mol. The number of fused-ring (bicyclic) bond motifs is 1. The van der Waals surface area contributed by atoms with Crippen LogP contribution in [-0.4, -0.2) is 27.5 Å². The summed E-state index contributed by atoms with van der Waals surface area (Å²) >= 11 is 0. The predicted octanol–water partition coefficient (Wildman–Crippen LogP) is 4.41. The van der Waals surface area contributed by atoms with Crippen molar-refractivity contribution < 1.29 is 4.74 Å². The smallest absolute Gasteiger partial charge is 0.150 e. The van der Waals surface area contributed by atoms with Crippen molar-refractivity contribution in [2.45, 2.75) is 37.8 Å². The number of hydrogen-bond donors (Lipinski definition) is 2. The molecule has 1 aliphatic rings. The van der Waals surface area contributed by atoms with Gasteiger partial charge in [-0.15, -0.1) is 0 Å². The standard InChI is InChI=1S/C25H27N5O/c1-27-20-11-10-19(14-20)25-29-22(23-24(26)28-12-13-30(23)25)18-8-5-9-21(15-18)31-16-17-6-3-2-4-7-17/h2-9,12-13,15,19-20,27H,10-11,14,16H2,1H3,(H2,26,28).